The molecule has 3 aromatic rings. The van der Waals surface area contributed by atoms with Gasteiger partial charge in [-0.25, -0.2) is 9.97 Å². The van der Waals surface area contributed by atoms with Crippen LogP contribution in [0.15, 0.2) is 36.8 Å². The zero-order chi connectivity index (χ0) is 21.5. The second kappa shape index (κ2) is 9.99. The van der Waals surface area contributed by atoms with Gasteiger partial charge in [0.1, 0.15) is 6.33 Å². The van der Waals surface area contributed by atoms with Crippen molar-refractivity contribution < 1.29 is 9.47 Å². The number of methoxy groups -OCH3 is 2. The molecule has 0 amide bonds. The van der Waals surface area contributed by atoms with Crippen molar-refractivity contribution in [2.45, 2.75) is 20.3 Å². The highest BCUT2D eigenvalue weighted by Gasteiger charge is 2.13. The van der Waals surface area contributed by atoms with Crippen molar-refractivity contribution in [3.63, 3.8) is 0 Å². The van der Waals surface area contributed by atoms with Gasteiger partial charge in [0.25, 0.3) is 0 Å². The predicted molar refractivity (Wildman–Crippen MR) is 122 cm³/mol. The van der Waals surface area contributed by atoms with E-state index in [1.165, 1.54) is 11.9 Å². The van der Waals surface area contributed by atoms with E-state index in [0.29, 0.717) is 11.5 Å². The molecule has 1 aromatic carbocycles. The summed E-state index contributed by atoms with van der Waals surface area (Å²) >= 11 is 1.52. The number of rotatable bonds is 6. The third-order valence-electron chi connectivity index (χ3n) is 4.55. The molecule has 0 radical (unpaired) electrons. The first-order chi connectivity index (χ1) is 14.6. The van der Waals surface area contributed by atoms with Gasteiger partial charge in [-0.2, -0.15) is 0 Å². The highest BCUT2D eigenvalue weighted by molar-refractivity contribution is 7.99. The van der Waals surface area contributed by atoms with Gasteiger partial charge >= 0.3 is 0 Å². The Kier molecular flexibility index (Phi) is 7.15. The van der Waals surface area contributed by atoms with Crippen molar-refractivity contribution in [1.82, 2.24) is 15.0 Å². The van der Waals surface area contributed by atoms with E-state index in [1.54, 1.807) is 26.7 Å². The smallest absolute Gasteiger partial charge is 0.161 e. The second-order valence-electron chi connectivity index (χ2n) is 6.38. The lowest BCUT2D eigenvalue weighted by Crippen LogP contribution is -2.00. The number of nitrogens with zero attached hydrogens (tertiary/aromatic N) is 3. The molecule has 0 bridgehead atoms. The molecule has 0 aliphatic rings. The molecule has 0 aliphatic carbocycles. The average molecular weight is 421 g/mol. The lowest BCUT2D eigenvalue weighted by atomic mass is 10.0. The van der Waals surface area contributed by atoms with Crippen LogP contribution in [0, 0.1) is 18.8 Å². The minimum Gasteiger partial charge on any atom is -0.493 e. The van der Waals surface area contributed by atoms with Crippen molar-refractivity contribution in [3.05, 3.63) is 59.3 Å². The molecule has 0 fully saturated rings. The number of benzene rings is 1. The average Bonchev–Trinajstić information content (AvgIpc) is 2.78. The van der Waals surface area contributed by atoms with Crippen molar-refractivity contribution >= 4 is 17.6 Å². The van der Waals surface area contributed by atoms with E-state index in [-0.39, 0.29) is 0 Å². The van der Waals surface area contributed by atoms with Crippen LogP contribution >= 0.6 is 11.9 Å². The zero-order valence-corrected chi connectivity index (χ0v) is 18.6. The lowest BCUT2D eigenvalue weighted by Gasteiger charge is -2.11. The maximum absolute atomic E-state index is 5.45. The fraction of sp³-hybridized carbons (Fsp3) is 0.261. The van der Waals surface area contributed by atoms with Gasteiger partial charge in [0.05, 0.1) is 42.6 Å². The fourth-order valence-electron chi connectivity index (χ4n) is 2.97. The summed E-state index contributed by atoms with van der Waals surface area (Å²) in [5, 5.41) is 0. The topological polar surface area (TPSA) is 69.2 Å². The molecule has 7 heteroatoms. The van der Waals surface area contributed by atoms with E-state index < -0.39 is 0 Å². The van der Waals surface area contributed by atoms with E-state index in [2.05, 4.69) is 38.4 Å². The Labute approximate surface area is 181 Å². The summed E-state index contributed by atoms with van der Waals surface area (Å²) in [6.45, 7) is 4.02. The summed E-state index contributed by atoms with van der Waals surface area (Å²) in [5.41, 5.74) is 6.05. The predicted octanol–water partition coefficient (Wildman–Crippen LogP) is 4.52. The molecular weight excluding hydrogens is 396 g/mol. The van der Waals surface area contributed by atoms with Gasteiger partial charge in [0, 0.05) is 23.6 Å². The molecule has 6 nitrogen and oxygen atoms in total. The Hall–Kier alpha value is -3.24. The Bertz CT molecular complexity index is 1110. The molecule has 30 heavy (non-hydrogen) atoms. The van der Waals surface area contributed by atoms with Crippen LogP contribution in [0.5, 0.6) is 11.5 Å². The molecule has 0 aliphatic heterocycles. The standard InChI is InChI=1S/C23H24N4O2S/c1-6-19-18(9-7-16-11-20(27-30-5)15(2)24-13-16)23(26-14-25-19)17-8-10-21(28-3)22(12-17)29-4/h8,10-14,27H,6H2,1-5H3. The first kappa shape index (κ1) is 21.5. The summed E-state index contributed by atoms with van der Waals surface area (Å²) < 4.78 is 14.0. The zero-order valence-electron chi connectivity index (χ0n) is 17.7. The maximum Gasteiger partial charge on any atom is 0.161 e. The summed E-state index contributed by atoms with van der Waals surface area (Å²) in [4.78, 5) is 13.4. The van der Waals surface area contributed by atoms with Crippen molar-refractivity contribution in [1.29, 1.82) is 0 Å². The summed E-state index contributed by atoms with van der Waals surface area (Å²) in [6, 6.07) is 7.71. The van der Waals surface area contributed by atoms with Crippen molar-refractivity contribution in [2.24, 2.45) is 0 Å². The Morgan fingerprint density at radius 1 is 1.03 bits per heavy atom. The molecule has 0 saturated heterocycles. The highest BCUT2D eigenvalue weighted by Crippen LogP contribution is 2.33. The third kappa shape index (κ3) is 4.66. The number of aromatic nitrogens is 3. The van der Waals surface area contributed by atoms with Crippen LogP contribution in [0.1, 0.15) is 29.4 Å². The van der Waals surface area contributed by atoms with E-state index in [4.69, 9.17) is 9.47 Å². The van der Waals surface area contributed by atoms with Crippen LogP contribution in [0.4, 0.5) is 5.69 Å². The summed E-state index contributed by atoms with van der Waals surface area (Å²) in [6.07, 6.45) is 6.07. The third-order valence-corrected chi connectivity index (χ3v) is 4.97. The molecule has 3 rings (SSSR count). The molecule has 0 atom stereocenters. The number of ether oxygens (including phenoxy) is 2. The molecule has 2 heterocycles. The molecule has 0 saturated carbocycles. The van der Waals surface area contributed by atoms with Crippen molar-refractivity contribution in [3.8, 4) is 34.6 Å². The number of hydrogen-bond acceptors (Lipinski definition) is 7. The van der Waals surface area contributed by atoms with Crippen LogP contribution < -0.4 is 14.2 Å². The first-order valence-corrected chi connectivity index (χ1v) is 10.7. The normalized spacial score (nSPS) is 10.2. The largest absolute Gasteiger partial charge is 0.493 e. The number of aryl methyl sites for hydroxylation is 2. The Morgan fingerprint density at radius 2 is 1.83 bits per heavy atom. The van der Waals surface area contributed by atoms with Gasteiger partial charge in [0.15, 0.2) is 11.5 Å². The van der Waals surface area contributed by atoms with E-state index in [0.717, 1.165) is 45.9 Å². The highest BCUT2D eigenvalue weighted by atomic mass is 32.2. The first-order valence-electron chi connectivity index (χ1n) is 9.45. The SMILES string of the molecule is CCc1ncnc(-c2ccc(OC)c(OC)c2)c1C#Cc1cnc(C)c(NSC)c1. The molecule has 0 unspecified atom stereocenters. The monoisotopic (exact) mass is 420 g/mol. The van der Waals surface area contributed by atoms with E-state index in [1.807, 2.05) is 37.4 Å². The Morgan fingerprint density at radius 3 is 2.53 bits per heavy atom. The van der Waals surface area contributed by atoms with Crippen molar-refractivity contribution in [2.75, 3.05) is 25.2 Å². The van der Waals surface area contributed by atoms with Gasteiger partial charge in [-0.3, -0.25) is 4.98 Å². The molecule has 154 valence electrons. The molecule has 2 aromatic heterocycles. The van der Waals surface area contributed by atoms with Gasteiger partial charge in [0.2, 0.25) is 0 Å². The van der Waals surface area contributed by atoms with Gasteiger partial charge in [-0.1, -0.05) is 30.7 Å². The van der Waals surface area contributed by atoms with Crippen LogP contribution in [-0.2, 0) is 6.42 Å². The minimum absolute atomic E-state index is 0.640. The second-order valence-corrected chi connectivity index (χ2v) is 6.99. The Balaban J connectivity index is 2.09. The molecule has 1 N–H and O–H groups in total. The van der Waals surface area contributed by atoms with Gasteiger partial charge in [-0.15, -0.1) is 0 Å². The van der Waals surface area contributed by atoms with Crippen LogP contribution in [0.3, 0.4) is 0 Å². The number of nitrogens with one attached hydrogen (secondary N) is 1. The maximum atomic E-state index is 5.45. The minimum atomic E-state index is 0.640. The fourth-order valence-corrected chi connectivity index (χ4v) is 3.40. The number of anilines is 1. The molecular formula is C23H24N4O2S. The summed E-state index contributed by atoms with van der Waals surface area (Å²) in [5.74, 6) is 7.81. The number of pyridine rings is 1. The molecule has 0 spiro atoms. The van der Waals surface area contributed by atoms with Gasteiger partial charge < -0.3 is 14.2 Å². The van der Waals surface area contributed by atoms with Crippen LogP contribution in [-0.4, -0.2) is 35.4 Å². The van der Waals surface area contributed by atoms with Crippen LogP contribution in [0.2, 0.25) is 0 Å². The quantitative estimate of drug-likeness (QED) is 0.464. The summed E-state index contributed by atoms with van der Waals surface area (Å²) in [7, 11) is 3.23. The van der Waals surface area contributed by atoms with E-state index >= 15 is 0 Å². The van der Waals surface area contributed by atoms with Crippen LogP contribution in [0.25, 0.3) is 11.3 Å². The van der Waals surface area contributed by atoms with Gasteiger partial charge in [-0.05, 0) is 37.6 Å². The van der Waals surface area contributed by atoms with E-state index in [9.17, 15) is 0 Å². The lowest BCUT2D eigenvalue weighted by molar-refractivity contribution is 0.355. The number of hydrogen-bond donors (Lipinski definition) is 1.